The fourth-order valence-electron chi connectivity index (χ4n) is 2.23. The zero-order chi connectivity index (χ0) is 19.3. The van der Waals surface area contributed by atoms with Crippen molar-refractivity contribution in [3.05, 3.63) is 63.7 Å². The number of hydrogen-bond acceptors (Lipinski definition) is 5. The molecule has 136 valence electrons. The van der Waals surface area contributed by atoms with Crippen molar-refractivity contribution in [2.24, 2.45) is 11.7 Å². The third-order valence-electron chi connectivity index (χ3n) is 3.68. The number of benzene rings is 2. The highest BCUT2D eigenvalue weighted by Gasteiger charge is 2.16. The summed E-state index contributed by atoms with van der Waals surface area (Å²) in [6.45, 7) is 3.91. The van der Waals surface area contributed by atoms with Gasteiger partial charge in [0.05, 0.1) is 4.92 Å². The van der Waals surface area contributed by atoms with Gasteiger partial charge in [-0.25, -0.2) is 0 Å². The van der Waals surface area contributed by atoms with E-state index >= 15 is 0 Å². The summed E-state index contributed by atoms with van der Waals surface area (Å²) < 4.78 is 0. The Morgan fingerprint density at radius 1 is 1.19 bits per heavy atom. The number of carbonyl (C=O) groups is 2. The molecule has 2 aromatic carbocycles. The molecule has 4 N–H and O–H groups in total. The van der Waals surface area contributed by atoms with Crippen molar-refractivity contribution in [3.8, 4) is 0 Å². The third-order valence-corrected chi connectivity index (χ3v) is 3.68. The van der Waals surface area contributed by atoms with Crippen molar-refractivity contribution in [2.75, 3.05) is 10.6 Å². The van der Waals surface area contributed by atoms with Crippen molar-refractivity contribution < 1.29 is 14.5 Å². The molecule has 8 nitrogen and oxygen atoms in total. The maximum absolute atomic E-state index is 11.8. The van der Waals surface area contributed by atoms with Gasteiger partial charge in [-0.15, -0.1) is 0 Å². The summed E-state index contributed by atoms with van der Waals surface area (Å²) in [5.41, 5.74) is 6.76. The Hall–Kier alpha value is -3.42. The van der Waals surface area contributed by atoms with Gasteiger partial charge >= 0.3 is 0 Å². The van der Waals surface area contributed by atoms with E-state index in [2.05, 4.69) is 10.6 Å². The molecular weight excluding hydrogens is 336 g/mol. The van der Waals surface area contributed by atoms with Crippen LogP contribution in [-0.4, -0.2) is 16.7 Å². The predicted molar refractivity (Wildman–Crippen MR) is 98.9 cm³/mol. The minimum atomic E-state index is -0.728. The molecule has 0 fully saturated rings. The molecule has 0 atom stereocenters. The third kappa shape index (κ3) is 4.79. The summed E-state index contributed by atoms with van der Waals surface area (Å²) in [5, 5.41) is 17.0. The second-order valence-corrected chi connectivity index (χ2v) is 6.05. The monoisotopic (exact) mass is 356 g/mol. The predicted octanol–water partition coefficient (Wildman–Crippen LogP) is 2.90. The lowest BCUT2D eigenvalue weighted by atomic mass is 10.1. The SMILES string of the molecule is CC(C)C(=O)Nc1cccc(CNc2ccc(C(N)=O)cc2[N+](=O)[O-])c1. The van der Waals surface area contributed by atoms with E-state index in [0.29, 0.717) is 12.2 Å². The van der Waals surface area contributed by atoms with E-state index in [0.717, 1.165) is 11.6 Å². The molecule has 2 rings (SSSR count). The van der Waals surface area contributed by atoms with E-state index in [4.69, 9.17) is 5.73 Å². The van der Waals surface area contributed by atoms with Gasteiger partial charge in [-0.1, -0.05) is 26.0 Å². The summed E-state index contributed by atoms with van der Waals surface area (Å²) in [6, 6.07) is 11.2. The number of amides is 2. The van der Waals surface area contributed by atoms with E-state index in [1.165, 1.54) is 12.1 Å². The molecule has 0 aliphatic rings. The zero-order valence-electron chi connectivity index (χ0n) is 14.5. The number of hydrogen-bond donors (Lipinski definition) is 3. The molecule has 0 saturated heterocycles. The van der Waals surface area contributed by atoms with Crippen LogP contribution in [0.4, 0.5) is 17.1 Å². The summed E-state index contributed by atoms with van der Waals surface area (Å²) in [6.07, 6.45) is 0. The Morgan fingerprint density at radius 3 is 2.54 bits per heavy atom. The molecule has 26 heavy (non-hydrogen) atoms. The minimum absolute atomic E-state index is 0.0700. The van der Waals surface area contributed by atoms with Crippen LogP contribution < -0.4 is 16.4 Å². The number of primary amides is 1. The van der Waals surface area contributed by atoms with Gasteiger partial charge in [-0.3, -0.25) is 19.7 Å². The zero-order valence-corrected chi connectivity index (χ0v) is 14.5. The molecule has 0 saturated carbocycles. The van der Waals surface area contributed by atoms with Crippen LogP contribution >= 0.6 is 0 Å². The van der Waals surface area contributed by atoms with Crippen LogP contribution in [0.3, 0.4) is 0 Å². The molecule has 8 heteroatoms. The van der Waals surface area contributed by atoms with Gasteiger partial charge in [-0.2, -0.15) is 0 Å². The number of anilines is 2. The smallest absolute Gasteiger partial charge is 0.293 e. The van der Waals surface area contributed by atoms with Crippen LogP contribution in [0.5, 0.6) is 0 Å². The lowest BCUT2D eigenvalue weighted by molar-refractivity contribution is -0.384. The summed E-state index contributed by atoms with van der Waals surface area (Å²) in [5.74, 6) is -0.954. The van der Waals surface area contributed by atoms with Crippen LogP contribution in [-0.2, 0) is 11.3 Å². The average Bonchev–Trinajstić information content (AvgIpc) is 2.59. The highest BCUT2D eigenvalue weighted by molar-refractivity contribution is 5.94. The first-order valence-corrected chi connectivity index (χ1v) is 8.00. The second-order valence-electron chi connectivity index (χ2n) is 6.05. The van der Waals surface area contributed by atoms with Crippen LogP contribution in [0, 0.1) is 16.0 Å². The highest BCUT2D eigenvalue weighted by Crippen LogP contribution is 2.26. The molecule has 2 aromatic rings. The Labute approximate surface area is 150 Å². The maximum Gasteiger partial charge on any atom is 0.293 e. The van der Waals surface area contributed by atoms with Gasteiger partial charge in [0.25, 0.3) is 5.69 Å². The summed E-state index contributed by atoms with van der Waals surface area (Å²) >= 11 is 0. The Bertz CT molecular complexity index is 849. The number of carbonyl (C=O) groups excluding carboxylic acids is 2. The van der Waals surface area contributed by atoms with Gasteiger partial charge in [0.2, 0.25) is 11.8 Å². The van der Waals surface area contributed by atoms with E-state index in [-0.39, 0.29) is 28.8 Å². The van der Waals surface area contributed by atoms with Crippen molar-refractivity contribution >= 4 is 28.9 Å². The molecular formula is C18H20N4O4. The topological polar surface area (TPSA) is 127 Å². The number of rotatable bonds is 7. The van der Waals surface area contributed by atoms with Crippen molar-refractivity contribution in [1.29, 1.82) is 0 Å². The fraction of sp³-hybridized carbons (Fsp3) is 0.222. The number of nitrogens with one attached hydrogen (secondary N) is 2. The van der Waals surface area contributed by atoms with Gasteiger partial charge in [0.1, 0.15) is 5.69 Å². The van der Waals surface area contributed by atoms with Gasteiger partial charge in [0, 0.05) is 29.8 Å². The highest BCUT2D eigenvalue weighted by atomic mass is 16.6. The van der Waals surface area contributed by atoms with Crippen LogP contribution in [0.2, 0.25) is 0 Å². The normalized spacial score (nSPS) is 10.4. The lowest BCUT2D eigenvalue weighted by Crippen LogP contribution is -2.17. The molecule has 2 amide bonds. The second kappa shape index (κ2) is 8.11. The Balaban J connectivity index is 2.15. The number of nitrogens with two attached hydrogens (primary N) is 1. The van der Waals surface area contributed by atoms with Crippen LogP contribution in [0.15, 0.2) is 42.5 Å². The maximum atomic E-state index is 11.8. The standard InChI is InChI=1S/C18H20N4O4/c1-11(2)18(24)21-14-5-3-4-12(8-14)10-20-15-7-6-13(17(19)23)9-16(15)22(25)26/h3-9,11,20H,10H2,1-2H3,(H2,19,23)(H,21,24). The largest absolute Gasteiger partial charge is 0.375 e. The molecule has 0 aliphatic heterocycles. The molecule has 0 aromatic heterocycles. The number of nitro benzene ring substituents is 1. The minimum Gasteiger partial charge on any atom is -0.375 e. The van der Waals surface area contributed by atoms with Crippen molar-refractivity contribution in [3.63, 3.8) is 0 Å². The van der Waals surface area contributed by atoms with Crippen LogP contribution in [0.1, 0.15) is 29.8 Å². The summed E-state index contributed by atoms with van der Waals surface area (Å²) in [7, 11) is 0. The molecule has 0 radical (unpaired) electrons. The van der Waals surface area contributed by atoms with E-state index < -0.39 is 10.8 Å². The van der Waals surface area contributed by atoms with E-state index in [1.807, 2.05) is 6.07 Å². The molecule has 0 bridgehead atoms. The first-order valence-electron chi connectivity index (χ1n) is 8.00. The number of nitrogens with zero attached hydrogens (tertiary/aromatic N) is 1. The first kappa shape index (κ1) is 18.9. The van der Waals surface area contributed by atoms with Gasteiger partial charge < -0.3 is 16.4 Å². The lowest BCUT2D eigenvalue weighted by Gasteiger charge is -2.11. The van der Waals surface area contributed by atoms with Gasteiger partial charge in [-0.05, 0) is 29.8 Å². The Morgan fingerprint density at radius 2 is 1.92 bits per heavy atom. The molecule has 0 heterocycles. The van der Waals surface area contributed by atoms with E-state index in [9.17, 15) is 19.7 Å². The average molecular weight is 356 g/mol. The van der Waals surface area contributed by atoms with Crippen molar-refractivity contribution in [2.45, 2.75) is 20.4 Å². The molecule has 0 unspecified atom stereocenters. The quantitative estimate of drug-likeness (QED) is 0.519. The molecule has 0 aliphatic carbocycles. The van der Waals surface area contributed by atoms with Crippen molar-refractivity contribution in [1.82, 2.24) is 0 Å². The molecule has 0 spiro atoms. The number of nitro groups is 1. The Kier molecular flexibility index (Phi) is 5.90. The van der Waals surface area contributed by atoms with Gasteiger partial charge in [0.15, 0.2) is 0 Å². The first-order chi connectivity index (χ1) is 12.3. The van der Waals surface area contributed by atoms with E-state index in [1.54, 1.807) is 32.0 Å². The summed E-state index contributed by atoms with van der Waals surface area (Å²) in [4.78, 5) is 33.6. The van der Waals surface area contributed by atoms with Crippen LogP contribution in [0.25, 0.3) is 0 Å². The fourth-order valence-corrected chi connectivity index (χ4v) is 2.23.